The van der Waals surface area contributed by atoms with E-state index in [4.69, 9.17) is 0 Å². The quantitative estimate of drug-likeness (QED) is 0.692. The first-order valence-electron chi connectivity index (χ1n) is 7.48. The Hall–Kier alpha value is -0.474. The zero-order valence-electron chi connectivity index (χ0n) is 13.4. The van der Waals surface area contributed by atoms with E-state index in [1.165, 1.54) is 0 Å². The summed E-state index contributed by atoms with van der Waals surface area (Å²) < 4.78 is 4.20. The van der Waals surface area contributed by atoms with Crippen LogP contribution in [0.5, 0.6) is 0 Å². The molecule has 0 aliphatic heterocycles. The summed E-state index contributed by atoms with van der Waals surface area (Å²) in [4.78, 5) is 0. The summed E-state index contributed by atoms with van der Waals surface area (Å²) in [5.74, 6) is 10.4. The molecule has 0 radical (unpaired) electrons. The van der Waals surface area contributed by atoms with Gasteiger partial charge in [-0.15, -0.1) is 0 Å². The van der Waals surface area contributed by atoms with Crippen molar-refractivity contribution in [1.29, 1.82) is 0 Å². The third-order valence-electron chi connectivity index (χ3n) is 5.20. The normalized spacial score (nSPS) is 12.7. The van der Waals surface area contributed by atoms with E-state index in [0.29, 0.717) is 0 Å². The van der Waals surface area contributed by atoms with E-state index >= 15 is 0 Å². The van der Waals surface area contributed by atoms with Crippen molar-refractivity contribution in [2.45, 2.75) is 33.5 Å². The van der Waals surface area contributed by atoms with Gasteiger partial charge in [-0.3, -0.25) is 0 Å². The van der Waals surface area contributed by atoms with Crippen molar-refractivity contribution in [3.8, 4) is 0 Å². The predicted molar refractivity (Wildman–Crippen MR) is 96.5 cm³/mol. The second-order valence-corrected chi connectivity index (χ2v) is 29.9. The van der Waals surface area contributed by atoms with Gasteiger partial charge in [0, 0.05) is 0 Å². The molecule has 0 heterocycles. The summed E-state index contributed by atoms with van der Waals surface area (Å²) >= 11 is -3.98. The van der Waals surface area contributed by atoms with Crippen LogP contribution in [0.2, 0.25) is 26.6 Å². The Morgan fingerprint density at radius 1 is 0.600 bits per heavy atom. The van der Waals surface area contributed by atoms with Crippen LogP contribution in [0.3, 0.4) is 0 Å². The fraction of sp³-hybridized carbons (Fsp3) is 0.333. The average molecular weight is 388 g/mol. The van der Waals surface area contributed by atoms with Crippen molar-refractivity contribution in [1.82, 2.24) is 0 Å². The van der Waals surface area contributed by atoms with Crippen LogP contribution in [0, 0.1) is 0 Å². The second kappa shape index (κ2) is 6.11. The van der Waals surface area contributed by atoms with E-state index in [9.17, 15) is 0 Å². The van der Waals surface area contributed by atoms with Crippen LogP contribution in [0.4, 0.5) is 0 Å². The van der Waals surface area contributed by atoms with Gasteiger partial charge in [0.05, 0.1) is 0 Å². The molecule has 0 aliphatic rings. The summed E-state index contributed by atoms with van der Waals surface area (Å²) in [5, 5.41) is 0. The van der Waals surface area contributed by atoms with Crippen molar-refractivity contribution in [2.75, 3.05) is 0 Å². The Morgan fingerprint density at radius 3 is 1.20 bits per heavy atom. The van der Waals surface area contributed by atoms with Crippen LogP contribution in [-0.4, -0.2) is 26.5 Å². The minimum absolute atomic E-state index is 0.903. The maximum absolute atomic E-state index is 2.59. The summed E-state index contributed by atoms with van der Waals surface area (Å²) in [6.45, 7) is 2.54. The van der Waals surface area contributed by atoms with Gasteiger partial charge in [0.25, 0.3) is 0 Å². The second-order valence-electron chi connectivity index (χ2n) is 6.90. The summed E-state index contributed by atoms with van der Waals surface area (Å²) in [6, 6.07) is 22.5. The number of hydrogen-bond acceptors (Lipinski definition) is 0. The number of benzene rings is 2. The molecule has 2 aromatic carbocycles. The van der Waals surface area contributed by atoms with E-state index in [2.05, 4.69) is 90.6 Å². The van der Waals surface area contributed by atoms with Gasteiger partial charge < -0.3 is 0 Å². The Balaban J connectivity index is 2.37. The number of hydrogen-bond donors (Lipinski definition) is 0. The Bertz CT molecular complexity index is 493. The molecule has 0 nitrogen and oxygen atoms in total. The molecule has 2 heteroatoms. The maximum atomic E-state index is 2.59. The Morgan fingerprint density at radius 2 is 0.900 bits per heavy atom. The molecular formula is C18H26Ge2. The zero-order valence-corrected chi connectivity index (χ0v) is 17.5. The SMILES string of the molecule is C[CH]([Ge]([CH3])([CH3])[c]1ccccc1)[Ge]([CH3])([CH3])[c]1ccccc1. The van der Waals surface area contributed by atoms with Crippen LogP contribution in [0.15, 0.2) is 60.7 Å². The van der Waals surface area contributed by atoms with Crippen LogP contribution in [0.1, 0.15) is 6.92 Å². The third kappa shape index (κ3) is 3.06. The van der Waals surface area contributed by atoms with Gasteiger partial charge in [-0.05, 0) is 0 Å². The van der Waals surface area contributed by atoms with Crippen molar-refractivity contribution in [3.63, 3.8) is 0 Å². The molecule has 20 heavy (non-hydrogen) atoms. The molecule has 0 saturated carbocycles. The monoisotopic (exact) mass is 390 g/mol. The number of rotatable bonds is 4. The molecule has 0 aliphatic carbocycles. The van der Waals surface area contributed by atoms with Crippen molar-refractivity contribution >= 4 is 35.3 Å². The Labute approximate surface area is 129 Å². The van der Waals surface area contributed by atoms with Gasteiger partial charge >= 0.3 is 130 Å². The van der Waals surface area contributed by atoms with E-state index in [1.807, 2.05) is 0 Å². The van der Waals surface area contributed by atoms with Crippen LogP contribution in [-0.2, 0) is 0 Å². The molecule has 0 spiro atoms. The molecular weight excluding hydrogens is 361 g/mol. The standard InChI is InChI=1S/C18H26Ge2/c1-16(19(2,3)17-12-8-6-9-13-17)20(4,5)18-14-10-7-11-15-18/h6-16H,1-5H3. The van der Waals surface area contributed by atoms with Gasteiger partial charge in [0.1, 0.15) is 0 Å². The van der Waals surface area contributed by atoms with E-state index < -0.39 is 26.5 Å². The molecule has 0 saturated heterocycles. The molecule has 106 valence electrons. The molecule has 0 bridgehead atoms. The molecule has 0 aromatic heterocycles. The first-order chi connectivity index (χ1) is 9.37. The molecule has 2 aromatic rings. The van der Waals surface area contributed by atoms with Crippen LogP contribution in [0.25, 0.3) is 0 Å². The fourth-order valence-corrected chi connectivity index (χ4v) is 36.7. The molecule has 0 fully saturated rings. The van der Waals surface area contributed by atoms with Gasteiger partial charge in [-0.1, -0.05) is 0 Å². The van der Waals surface area contributed by atoms with Crippen LogP contribution >= 0.6 is 0 Å². The topological polar surface area (TPSA) is 0 Å². The predicted octanol–water partition coefficient (Wildman–Crippen LogP) is 4.15. The summed E-state index contributed by atoms with van der Waals surface area (Å²) in [7, 11) is 0. The summed E-state index contributed by atoms with van der Waals surface area (Å²) in [5.41, 5.74) is 0. The van der Waals surface area contributed by atoms with Gasteiger partial charge in [-0.25, -0.2) is 0 Å². The van der Waals surface area contributed by atoms with Crippen molar-refractivity contribution in [3.05, 3.63) is 60.7 Å². The average Bonchev–Trinajstić information content (AvgIpc) is 2.48. The van der Waals surface area contributed by atoms with Gasteiger partial charge in [0.15, 0.2) is 0 Å². The Kier molecular flexibility index (Phi) is 4.86. The zero-order chi connectivity index (χ0) is 14.8. The first kappa shape index (κ1) is 15.9. The molecule has 0 N–H and O–H groups in total. The van der Waals surface area contributed by atoms with E-state index in [-0.39, 0.29) is 0 Å². The molecule has 0 amide bonds. The van der Waals surface area contributed by atoms with Gasteiger partial charge in [-0.2, -0.15) is 0 Å². The summed E-state index contributed by atoms with van der Waals surface area (Å²) in [6.07, 6.45) is 0. The minimum atomic E-state index is -1.99. The molecule has 0 unspecified atom stereocenters. The molecule has 0 atom stereocenters. The third-order valence-corrected chi connectivity index (χ3v) is 37.7. The molecule has 2 rings (SSSR count). The first-order valence-corrected chi connectivity index (χ1v) is 20.4. The van der Waals surface area contributed by atoms with Crippen LogP contribution < -0.4 is 8.79 Å². The van der Waals surface area contributed by atoms with E-state index in [0.717, 1.165) is 3.58 Å². The fourth-order valence-electron chi connectivity index (χ4n) is 3.14. The van der Waals surface area contributed by atoms with Crippen molar-refractivity contribution in [2.24, 2.45) is 0 Å². The van der Waals surface area contributed by atoms with Crippen molar-refractivity contribution < 1.29 is 0 Å². The van der Waals surface area contributed by atoms with E-state index in [1.54, 1.807) is 8.79 Å². The van der Waals surface area contributed by atoms with Gasteiger partial charge in [0.2, 0.25) is 0 Å².